The Morgan fingerprint density at radius 2 is 1.45 bits per heavy atom. The number of benzene rings is 3. The van der Waals surface area contributed by atoms with Crippen LogP contribution in [-0.4, -0.2) is 10.4 Å². The third kappa shape index (κ3) is 3.26. The van der Waals surface area contributed by atoms with Gasteiger partial charge in [0.25, 0.3) is 5.56 Å². The van der Waals surface area contributed by atoms with Gasteiger partial charge in [0, 0.05) is 28.9 Å². The second-order valence-electron chi connectivity index (χ2n) is 9.42. The topological polar surface area (TPSA) is 39.1 Å². The molecule has 0 bridgehead atoms. The van der Waals surface area contributed by atoms with Crippen LogP contribution in [0.15, 0.2) is 83.7 Å². The third-order valence-electron chi connectivity index (χ3n) is 7.53. The minimum atomic E-state index is -0.245. The molecule has 1 aliphatic carbocycles. The van der Waals surface area contributed by atoms with Gasteiger partial charge in [-0.2, -0.15) is 0 Å². The molecule has 1 unspecified atom stereocenters. The van der Waals surface area contributed by atoms with Crippen molar-refractivity contribution in [1.29, 1.82) is 0 Å². The summed E-state index contributed by atoms with van der Waals surface area (Å²) in [6, 6.07) is 26.2. The van der Waals surface area contributed by atoms with Crippen molar-refractivity contribution in [2.45, 2.75) is 44.6 Å². The van der Waals surface area contributed by atoms with E-state index in [0.29, 0.717) is 17.6 Å². The Kier molecular flexibility index (Phi) is 4.98. The lowest BCUT2D eigenvalue weighted by molar-refractivity contribution is -0.124. The Bertz CT molecular complexity index is 1410. The van der Waals surface area contributed by atoms with Crippen LogP contribution in [0.2, 0.25) is 0 Å². The third-order valence-corrected chi connectivity index (χ3v) is 7.53. The summed E-state index contributed by atoms with van der Waals surface area (Å²) >= 11 is 0. The summed E-state index contributed by atoms with van der Waals surface area (Å²) in [5.74, 6) is 0.448. The molecule has 4 aromatic rings. The number of carbonyl (C=O) groups excluding carboxylic acids is 1. The molecule has 164 valence electrons. The first-order valence-corrected chi connectivity index (χ1v) is 12.1. The molecule has 0 amide bonds. The molecule has 0 saturated heterocycles. The largest absolute Gasteiger partial charge is 0.299 e. The first kappa shape index (κ1) is 20.2. The maximum atomic E-state index is 13.9. The molecule has 3 aromatic carbocycles. The van der Waals surface area contributed by atoms with Gasteiger partial charge < -0.3 is 0 Å². The first-order chi connectivity index (χ1) is 16.2. The van der Waals surface area contributed by atoms with Crippen molar-refractivity contribution in [3.63, 3.8) is 0 Å². The van der Waals surface area contributed by atoms with E-state index in [1.807, 2.05) is 59.2 Å². The van der Waals surface area contributed by atoms with E-state index in [-0.39, 0.29) is 17.5 Å². The lowest BCUT2D eigenvalue weighted by Gasteiger charge is -2.23. The molecule has 3 nitrogen and oxygen atoms in total. The highest BCUT2D eigenvalue weighted by atomic mass is 16.1. The fourth-order valence-electron chi connectivity index (χ4n) is 5.95. The number of ketones is 1. The van der Waals surface area contributed by atoms with Gasteiger partial charge in [-0.05, 0) is 35.4 Å². The molecular weight excluding hydrogens is 406 g/mol. The molecule has 1 fully saturated rings. The number of aromatic nitrogens is 1. The van der Waals surface area contributed by atoms with Crippen molar-refractivity contribution in [2.24, 2.45) is 5.92 Å². The van der Waals surface area contributed by atoms with Gasteiger partial charge in [-0.1, -0.05) is 92.1 Å². The molecule has 2 aliphatic rings. The summed E-state index contributed by atoms with van der Waals surface area (Å²) < 4.78 is 1.93. The maximum Gasteiger partial charge on any atom is 0.259 e. The van der Waals surface area contributed by atoms with Crippen molar-refractivity contribution in [3.05, 3.63) is 94.8 Å². The number of nitrogens with zero attached hydrogens (tertiary/aromatic N) is 1. The molecule has 33 heavy (non-hydrogen) atoms. The van der Waals surface area contributed by atoms with E-state index >= 15 is 0 Å². The molecule has 1 atom stereocenters. The van der Waals surface area contributed by atoms with E-state index in [4.69, 9.17) is 0 Å². The zero-order chi connectivity index (χ0) is 22.4. The quantitative estimate of drug-likeness (QED) is 0.356. The highest BCUT2D eigenvalue weighted by Gasteiger charge is 2.35. The summed E-state index contributed by atoms with van der Waals surface area (Å²) in [6.45, 7) is 0. The van der Waals surface area contributed by atoms with Gasteiger partial charge in [0.2, 0.25) is 0 Å². The maximum absolute atomic E-state index is 13.9. The normalized spacial score (nSPS) is 17.6. The summed E-state index contributed by atoms with van der Waals surface area (Å²) in [4.78, 5) is 27.3. The van der Waals surface area contributed by atoms with Crippen LogP contribution in [0.25, 0.3) is 33.2 Å². The second kappa shape index (κ2) is 8.15. The summed E-state index contributed by atoms with van der Waals surface area (Å²) in [7, 11) is 0. The van der Waals surface area contributed by atoms with Crippen LogP contribution >= 0.6 is 0 Å². The molecule has 1 saturated carbocycles. The molecule has 1 aliphatic heterocycles. The van der Waals surface area contributed by atoms with Crippen LogP contribution in [0.5, 0.6) is 0 Å². The predicted molar refractivity (Wildman–Crippen MR) is 133 cm³/mol. The first-order valence-electron chi connectivity index (χ1n) is 12.1. The minimum Gasteiger partial charge on any atom is -0.299 e. The molecule has 6 rings (SSSR count). The smallest absolute Gasteiger partial charge is 0.259 e. The van der Waals surface area contributed by atoms with E-state index in [2.05, 4.69) is 24.3 Å². The molecular formula is C30H27NO2. The van der Waals surface area contributed by atoms with Gasteiger partial charge in [0.05, 0.1) is 11.7 Å². The number of hydrogen-bond donors (Lipinski definition) is 0. The average Bonchev–Trinajstić information content (AvgIpc) is 3.20. The van der Waals surface area contributed by atoms with Gasteiger partial charge in [-0.25, -0.2) is 0 Å². The predicted octanol–water partition coefficient (Wildman–Crippen LogP) is 6.78. The van der Waals surface area contributed by atoms with Gasteiger partial charge >= 0.3 is 0 Å². The van der Waals surface area contributed by atoms with Crippen molar-refractivity contribution in [3.8, 4) is 22.4 Å². The monoisotopic (exact) mass is 433 g/mol. The number of fused-ring (bicyclic) bond motifs is 4. The highest BCUT2D eigenvalue weighted by molar-refractivity contribution is 6.04. The van der Waals surface area contributed by atoms with Crippen LogP contribution in [0.1, 0.15) is 50.1 Å². The Hall–Kier alpha value is -3.46. The van der Waals surface area contributed by atoms with E-state index in [9.17, 15) is 9.59 Å². The Morgan fingerprint density at radius 1 is 0.788 bits per heavy atom. The van der Waals surface area contributed by atoms with Crippen molar-refractivity contribution < 1.29 is 4.79 Å². The van der Waals surface area contributed by atoms with Crippen molar-refractivity contribution in [2.75, 3.05) is 0 Å². The van der Waals surface area contributed by atoms with Crippen molar-refractivity contribution >= 4 is 16.6 Å². The lowest BCUT2D eigenvalue weighted by Crippen LogP contribution is -2.28. The molecule has 0 radical (unpaired) electrons. The molecule has 0 spiro atoms. The van der Waals surface area contributed by atoms with Gasteiger partial charge in [0.1, 0.15) is 5.78 Å². The Labute approximate surface area is 193 Å². The molecule has 1 aromatic heterocycles. The zero-order valence-corrected chi connectivity index (χ0v) is 18.7. The van der Waals surface area contributed by atoms with Crippen LogP contribution in [0.4, 0.5) is 0 Å². The summed E-state index contributed by atoms with van der Waals surface area (Å²) in [5, 5.41) is 1.68. The lowest BCUT2D eigenvalue weighted by atomic mass is 9.83. The molecule has 2 heterocycles. The van der Waals surface area contributed by atoms with E-state index in [1.165, 1.54) is 6.42 Å². The van der Waals surface area contributed by atoms with Crippen LogP contribution in [-0.2, 0) is 4.79 Å². The Morgan fingerprint density at radius 3 is 2.24 bits per heavy atom. The van der Waals surface area contributed by atoms with Crippen LogP contribution in [0, 0.1) is 5.92 Å². The summed E-state index contributed by atoms with van der Waals surface area (Å²) in [6.07, 6.45) is 5.86. The number of hydrogen-bond acceptors (Lipinski definition) is 2. The van der Waals surface area contributed by atoms with E-state index in [1.54, 1.807) is 0 Å². The molecule has 3 heteroatoms. The number of rotatable bonds is 4. The highest BCUT2D eigenvalue weighted by Crippen LogP contribution is 2.47. The van der Waals surface area contributed by atoms with Gasteiger partial charge in [-0.3, -0.25) is 14.2 Å². The Balaban J connectivity index is 1.61. The second-order valence-corrected chi connectivity index (χ2v) is 9.42. The van der Waals surface area contributed by atoms with Gasteiger partial charge in [0.15, 0.2) is 0 Å². The fraction of sp³-hybridized carbons (Fsp3) is 0.267. The van der Waals surface area contributed by atoms with Crippen molar-refractivity contribution in [1.82, 2.24) is 4.57 Å². The summed E-state index contributed by atoms with van der Waals surface area (Å²) in [5.41, 5.74) is 5.27. The number of pyridine rings is 1. The van der Waals surface area contributed by atoms with E-state index in [0.717, 1.165) is 59.0 Å². The number of carbonyl (C=O) groups is 1. The SMILES string of the molecule is O=C(CC1c2ccccc2-c2c(-c3ccccc3)c3ccccc3c(=O)n21)C1CCCCC1. The standard InChI is InChI=1S/C30H27NO2/c32-27(20-11-3-1-4-12-20)19-26-22-15-7-9-17-24(22)29-28(21-13-5-2-6-14-21)23-16-8-10-18-25(23)30(33)31(26)29/h2,5-10,13-18,20,26H,1,3-4,11-12,19H2. The fourth-order valence-corrected chi connectivity index (χ4v) is 5.95. The molecule has 0 N–H and O–H groups in total. The average molecular weight is 434 g/mol. The van der Waals surface area contributed by atoms with Crippen LogP contribution in [0.3, 0.4) is 0 Å². The number of Topliss-reactive ketones (excluding diaryl/α,β-unsaturated/α-hetero) is 1. The van der Waals surface area contributed by atoms with Gasteiger partial charge in [-0.15, -0.1) is 0 Å². The van der Waals surface area contributed by atoms with E-state index < -0.39 is 0 Å². The minimum absolute atomic E-state index is 0.00192. The zero-order valence-electron chi connectivity index (χ0n) is 18.7. The van der Waals surface area contributed by atoms with Crippen LogP contribution < -0.4 is 5.56 Å².